The van der Waals surface area contributed by atoms with Crippen LogP contribution in [0.3, 0.4) is 0 Å². The zero-order chi connectivity index (χ0) is 6.95. The summed E-state index contributed by atoms with van der Waals surface area (Å²) in [5.41, 5.74) is 0. The predicted molar refractivity (Wildman–Crippen MR) is 35.6 cm³/mol. The van der Waals surface area contributed by atoms with E-state index in [9.17, 15) is 0 Å². The molecule has 1 aromatic rings. The van der Waals surface area contributed by atoms with Crippen LogP contribution in [0, 0.1) is 0 Å². The Morgan fingerprint density at radius 2 is 1.67 bits per heavy atom. The van der Waals surface area contributed by atoms with Crippen LogP contribution in [-0.2, 0) is 4.79 Å². The second-order valence-corrected chi connectivity index (χ2v) is 1.23. The molecule has 0 atom stereocenters. The van der Waals surface area contributed by atoms with E-state index in [-0.39, 0.29) is 0 Å². The number of carbonyl (C=O) groups excluding carboxylic acids is 1. The van der Waals surface area contributed by atoms with E-state index in [4.69, 9.17) is 4.79 Å². The quantitative estimate of drug-likeness (QED) is 0.517. The Kier molecular flexibility index (Phi) is 5.93. The molecule has 1 rings (SSSR count). The molecule has 9 heavy (non-hydrogen) atoms. The van der Waals surface area contributed by atoms with Gasteiger partial charge in [-0.2, -0.15) is 0 Å². The smallest absolute Gasteiger partial charge is 0.195 e. The summed E-state index contributed by atoms with van der Waals surface area (Å²) in [6.07, 6.45) is 5.00. The summed E-state index contributed by atoms with van der Waals surface area (Å²) >= 11 is 0. The lowest BCUT2D eigenvalue weighted by Gasteiger charge is -1.70. The van der Waals surface area contributed by atoms with Gasteiger partial charge < -0.3 is 0 Å². The van der Waals surface area contributed by atoms with Crippen molar-refractivity contribution in [3.63, 3.8) is 0 Å². The second kappa shape index (κ2) is 6.82. The maximum Gasteiger partial charge on any atom is 0.195 e. The average Bonchev–Trinajstić information content (AvgIpc) is 1.93. The molecular formula is C7H8NO. The van der Waals surface area contributed by atoms with Crippen molar-refractivity contribution in [3.05, 3.63) is 30.6 Å². The van der Waals surface area contributed by atoms with E-state index in [1.807, 2.05) is 18.2 Å². The molecule has 0 N–H and O–H groups in total. The van der Waals surface area contributed by atoms with Crippen LogP contribution in [0.5, 0.6) is 0 Å². The Hall–Kier alpha value is -1.18. The normalized spacial score (nSPS) is 6.78. The summed E-state index contributed by atoms with van der Waals surface area (Å²) in [4.78, 5) is 12.5. The molecule has 0 aliphatic rings. The van der Waals surface area contributed by atoms with Crippen LogP contribution < -0.4 is 0 Å². The highest BCUT2D eigenvalue weighted by Crippen LogP contribution is 1.73. The molecule has 47 valence electrons. The largest absolute Gasteiger partial charge is 0.291 e. The fourth-order valence-electron chi connectivity index (χ4n) is 0.313. The molecule has 0 amide bonds. The topological polar surface area (TPSA) is 30.0 Å². The van der Waals surface area contributed by atoms with Crippen LogP contribution in [0.25, 0.3) is 0 Å². The lowest BCUT2D eigenvalue weighted by molar-refractivity contribution is 0.560. The average molecular weight is 122 g/mol. The molecule has 0 unspecified atom stereocenters. The minimum atomic E-state index is 1.32. The van der Waals surface area contributed by atoms with Crippen LogP contribution >= 0.6 is 0 Å². The zero-order valence-corrected chi connectivity index (χ0v) is 5.24. The standard InChI is InChI=1S/C5H5N.C2H3O/c1-2-4-6-5-3-1;1-2-3/h1-5H;1H3. The van der Waals surface area contributed by atoms with E-state index in [1.54, 1.807) is 12.4 Å². The number of hydrogen-bond donors (Lipinski definition) is 0. The minimum Gasteiger partial charge on any atom is -0.291 e. The van der Waals surface area contributed by atoms with Crippen LogP contribution in [-0.4, -0.2) is 11.3 Å². The van der Waals surface area contributed by atoms with Crippen LogP contribution in [0.4, 0.5) is 0 Å². The molecule has 0 fully saturated rings. The van der Waals surface area contributed by atoms with Gasteiger partial charge in [0.25, 0.3) is 0 Å². The number of pyridine rings is 1. The zero-order valence-electron chi connectivity index (χ0n) is 5.24. The molecule has 1 heterocycles. The Labute approximate surface area is 54.5 Å². The summed E-state index contributed by atoms with van der Waals surface area (Å²) < 4.78 is 0. The Bertz CT molecular complexity index is 112. The monoisotopic (exact) mass is 122 g/mol. The highest BCUT2D eigenvalue weighted by Gasteiger charge is 1.58. The molecule has 0 saturated heterocycles. The van der Waals surface area contributed by atoms with Gasteiger partial charge in [0.1, 0.15) is 0 Å². The van der Waals surface area contributed by atoms with Gasteiger partial charge in [-0.15, -0.1) is 0 Å². The summed E-state index contributed by atoms with van der Waals surface area (Å²) in [5.74, 6) is 0. The minimum absolute atomic E-state index is 1.32. The molecule has 0 bridgehead atoms. The van der Waals surface area contributed by atoms with Gasteiger partial charge in [-0.05, 0) is 12.1 Å². The molecule has 1 aromatic heterocycles. The van der Waals surface area contributed by atoms with Crippen molar-refractivity contribution in [2.75, 3.05) is 0 Å². The van der Waals surface area contributed by atoms with Crippen molar-refractivity contribution in [1.29, 1.82) is 0 Å². The van der Waals surface area contributed by atoms with Crippen molar-refractivity contribution in [2.24, 2.45) is 0 Å². The van der Waals surface area contributed by atoms with Gasteiger partial charge in [0.05, 0.1) is 0 Å². The summed E-state index contributed by atoms with van der Waals surface area (Å²) in [6, 6.07) is 5.72. The lowest BCUT2D eigenvalue weighted by Crippen LogP contribution is -1.58. The molecule has 2 heteroatoms. The highest BCUT2D eigenvalue weighted by atomic mass is 16.1. The predicted octanol–water partition coefficient (Wildman–Crippen LogP) is 1.20. The van der Waals surface area contributed by atoms with Gasteiger partial charge in [0, 0.05) is 19.3 Å². The van der Waals surface area contributed by atoms with E-state index in [0.717, 1.165) is 0 Å². The maximum absolute atomic E-state index is 8.68. The molecule has 0 spiro atoms. The van der Waals surface area contributed by atoms with E-state index < -0.39 is 0 Å². The van der Waals surface area contributed by atoms with Crippen molar-refractivity contribution in [2.45, 2.75) is 6.92 Å². The fourth-order valence-corrected chi connectivity index (χ4v) is 0.313. The molecule has 2 nitrogen and oxygen atoms in total. The van der Waals surface area contributed by atoms with Gasteiger partial charge in [0.2, 0.25) is 0 Å². The van der Waals surface area contributed by atoms with Crippen molar-refractivity contribution in [3.8, 4) is 0 Å². The van der Waals surface area contributed by atoms with E-state index in [2.05, 4.69) is 4.98 Å². The third-order valence-corrected chi connectivity index (χ3v) is 0.566. The third kappa shape index (κ3) is 6.82. The number of aromatic nitrogens is 1. The summed E-state index contributed by atoms with van der Waals surface area (Å²) in [5, 5.41) is 0. The van der Waals surface area contributed by atoms with Crippen molar-refractivity contribution in [1.82, 2.24) is 4.98 Å². The van der Waals surface area contributed by atoms with E-state index in [1.165, 1.54) is 13.2 Å². The van der Waals surface area contributed by atoms with Crippen LogP contribution in [0.1, 0.15) is 6.92 Å². The van der Waals surface area contributed by atoms with Gasteiger partial charge >= 0.3 is 0 Å². The van der Waals surface area contributed by atoms with Crippen LogP contribution in [0.15, 0.2) is 30.6 Å². The van der Waals surface area contributed by atoms with Gasteiger partial charge in [-0.3, -0.25) is 9.78 Å². The highest BCUT2D eigenvalue weighted by molar-refractivity contribution is 5.45. The Morgan fingerprint density at radius 3 is 1.78 bits per heavy atom. The molecular weight excluding hydrogens is 114 g/mol. The first-order chi connectivity index (χ1) is 4.41. The van der Waals surface area contributed by atoms with Crippen LogP contribution in [0.2, 0.25) is 0 Å². The summed E-state index contributed by atoms with van der Waals surface area (Å²) in [7, 11) is 0. The molecule has 0 aliphatic heterocycles. The maximum atomic E-state index is 8.68. The van der Waals surface area contributed by atoms with Gasteiger partial charge in [-0.25, -0.2) is 0 Å². The number of hydrogen-bond acceptors (Lipinski definition) is 2. The van der Waals surface area contributed by atoms with Crippen molar-refractivity contribution >= 4 is 6.29 Å². The van der Waals surface area contributed by atoms with E-state index in [0.29, 0.717) is 0 Å². The molecule has 1 radical (unpaired) electrons. The molecule has 0 aliphatic carbocycles. The summed E-state index contributed by atoms with van der Waals surface area (Å²) in [6.45, 7) is 1.32. The first-order valence-electron chi connectivity index (χ1n) is 2.55. The van der Waals surface area contributed by atoms with Gasteiger partial charge in [-0.1, -0.05) is 6.07 Å². The second-order valence-electron chi connectivity index (χ2n) is 1.23. The SMILES string of the molecule is C[C]=O.c1ccncc1. The molecule has 0 saturated carbocycles. The Balaban J connectivity index is 0.000000187. The third-order valence-electron chi connectivity index (χ3n) is 0.566. The van der Waals surface area contributed by atoms with E-state index >= 15 is 0 Å². The first kappa shape index (κ1) is 7.82. The lowest BCUT2D eigenvalue weighted by atomic mass is 10.5. The number of rotatable bonds is 0. The molecule has 0 aromatic carbocycles. The fraction of sp³-hybridized carbons (Fsp3) is 0.143. The Morgan fingerprint density at radius 1 is 1.22 bits per heavy atom. The van der Waals surface area contributed by atoms with Gasteiger partial charge in [0.15, 0.2) is 6.29 Å². The first-order valence-corrected chi connectivity index (χ1v) is 2.55. The van der Waals surface area contributed by atoms with Crippen molar-refractivity contribution < 1.29 is 4.79 Å². The number of nitrogens with zero attached hydrogens (tertiary/aromatic N) is 1.